The highest BCUT2D eigenvalue weighted by Crippen LogP contribution is 2.28. The van der Waals surface area contributed by atoms with Gasteiger partial charge in [-0.25, -0.2) is 14.6 Å². The normalized spacial score (nSPS) is 11.8. The number of unbranched alkanes of at least 4 members (excludes halogenated alkanes) is 1. The minimum atomic E-state index is -1.44. The number of carbonyl (C=O) groups excluding carboxylic acids is 2. The molecule has 1 aromatic heterocycles. The van der Waals surface area contributed by atoms with E-state index in [1.165, 1.54) is 0 Å². The third kappa shape index (κ3) is 7.35. The number of benzene rings is 2. The Labute approximate surface area is 234 Å². The summed E-state index contributed by atoms with van der Waals surface area (Å²) in [4.78, 5) is 41.8. The average molecular weight is 551 g/mol. The van der Waals surface area contributed by atoms with Crippen molar-refractivity contribution in [3.8, 4) is 11.1 Å². The number of ether oxygens (including phenoxy) is 2. The molecule has 0 aliphatic rings. The number of hydrogen-bond acceptors (Lipinski definition) is 7. The molecule has 2 aromatic carbocycles. The molecule has 0 spiro atoms. The van der Waals surface area contributed by atoms with Crippen LogP contribution < -0.4 is 0 Å². The molecule has 0 radical (unpaired) electrons. The quantitative estimate of drug-likeness (QED) is 0.234. The van der Waals surface area contributed by atoms with E-state index in [4.69, 9.17) is 9.47 Å². The van der Waals surface area contributed by atoms with Gasteiger partial charge in [0, 0.05) is 13.0 Å². The molecule has 3 rings (SSSR count). The fraction of sp³-hybridized carbons (Fsp3) is 0.419. The zero-order chi connectivity index (χ0) is 29.7. The summed E-state index contributed by atoms with van der Waals surface area (Å²) in [6.45, 7) is 9.94. The van der Waals surface area contributed by atoms with Crippen LogP contribution in [0.1, 0.15) is 92.3 Å². The lowest BCUT2D eigenvalue weighted by Gasteiger charge is -2.19. The Morgan fingerprint density at radius 3 is 2.17 bits per heavy atom. The van der Waals surface area contributed by atoms with Crippen molar-refractivity contribution in [1.82, 2.24) is 9.55 Å². The lowest BCUT2D eigenvalue weighted by Crippen LogP contribution is -2.27. The molecule has 0 fully saturated rings. The number of aryl methyl sites for hydroxylation is 1. The molecule has 0 aliphatic carbocycles. The van der Waals surface area contributed by atoms with E-state index >= 15 is 0 Å². The summed E-state index contributed by atoms with van der Waals surface area (Å²) in [7, 11) is 0. The van der Waals surface area contributed by atoms with Crippen LogP contribution in [0.4, 0.5) is 0 Å². The zero-order valence-electron chi connectivity index (χ0n) is 24.0. The van der Waals surface area contributed by atoms with Crippen molar-refractivity contribution >= 4 is 17.9 Å². The van der Waals surface area contributed by atoms with Gasteiger partial charge in [0.1, 0.15) is 17.1 Å². The van der Waals surface area contributed by atoms with Crippen LogP contribution in [-0.2, 0) is 32.8 Å². The van der Waals surface area contributed by atoms with Gasteiger partial charge in [0.2, 0.25) is 6.79 Å². The molecule has 0 saturated carbocycles. The van der Waals surface area contributed by atoms with E-state index in [2.05, 4.69) is 11.9 Å². The highest BCUT2D eigenvalue weighted by Gasteiger charge is 2.33. The van der Waals surface area contributed by atoms with Crippen molar-refractivity contribution in [1.29, 1.82) is 0 Å². The van der Waals surface area contributed by atoms with Gasteiger partial charge < -0.3 is 24.3 Å². The maximum absolute atomic E-state index is 13.3. The van der Waals surface area contributed by atoms with Crippen molar-refractivity contribution < 1.29 is 34.1 Å². The Bertz CT molecular complexity index is 1360. The predicted octanol–water partition coefficient (Wildman–Crippen LogP) is 5.57. The molecule has 3 aromatic rings. The Balaban J connectivity index is 1.97. The summed E-state index contributed by atoms with van der Waals surface area (Å²) in [6, 6.07) is 14.2. The molecule has 0 bridgehead atoms. The van der Waals surface area contributed by atoms with Crippen LogP contribution in [0.25, 0.3) is 11.1 Å². The number of carboxylic acids is 1. The molecule has 0 atom stereocenters. The summed E-state index contributed by atoms with van der Waals surface area (Å²) in [5.41, 5.74) is 0.468. The minimum absolute atomic E-state index is 0.0886. The number of carboxylic acid groups (broad SMARTS) is 1. The van der Waals surface area contributed by atoms with Crippen LogP contribution in [0.5, 0.6) is 0 Å². The van der Waals surface area contributed by atoms with Crippen molar-refractivity contribution in [2.45, 2.75) is 73.0 Å². The van der Waals surface area contributed by atoms with E-state index < -0.39 is 35.7 Å². The van der Waals surface area contributed by atoms with Gasteiger partial charge in [0.25, 0.3) is 0 Å². The molecule has 0 unspecified atom stereocenters. The first-order valence-corrected chi connectivity index (χ1v) is 13.3. The number of carbonyl (C=O) groups is 3. The Morgan fingerprint density at radius 1 is 0.950 bits per heavy atom. The monoisotopic (exact) mass is 550 g/mol. The number of rotatable bonds is 11. The number of aromatic carboxylic acids is 1. The first-order chi connectivity index (χ1) is 18.7. The van der Waals surface area contributed by atoms with E-state index in [0.29, 0.717) is 17.8 Å². The third-order valence-electron chi connectivity index (χ3n) is 6.33. The number of esters is 2. The van der Waals surface area contributed by atoms with Gasteiger partial charge in [-0.15, -0.1) is 0 Å². The van der Waals surface area contributed by atoms with Gasteiger partial charge >= 0.3 is 17.9 Å². The molecule has 0 amide bonds. The largest absolute Gasteiger partial charge is 0.478 e. The first kappa shape index (κ1) is 30.6. The van der Waals surface area contributed by atoms with Crippen LogP contribution in [0.3, 0.4) is 0 Å². The molecule has 1 heterocycles. The molecule has 9 heteroatoms. The summed E-state index contributed by atoms with van der Waals surface area (Å²) in [5.74, 6) is -1.65. The van der Waals surface area contributed by atoms with Gasteiger partial charge in [-0.05, 0) is 63.8 Å². The number of aliphatic hydroxyl groups is 1. The molecule has 0 aliphatic heterocycles. The highest BCUT2D eigenvalue weighted by molar-refractivity contribution is 5.96. The summed E-state index contributed by atoms with van der Waals surface area (Å²) < 4.78 is 12.2. The number of hydrogen-bond donors (Lipinski definition) is 2. The van der Waals surface area contributed by atoms with Gasteiger partial charge in [-0.2, -0.15) is 0 Å². The molecular formula is C31H38N2O7. The maximum atomic E-state index is 13.3. The van der Waals surface area contributed by atoms with Crippen LogP contribution in [0.15, 0.2) is 48.5 Å². The Hall–Kier alpha value is -3.98. The predicted molar refractivity (Wildman–Crippen MR) is 150 cm³/mol. The van der Waals surface area contributed by atoms with E-state index in [1.54, 1.807) is 63.5 Å². The Kier molecular flexibility index (Phi) is 9.52. The van der Waals surface area contributed by atoms with Gasteiger partial charge in [0.05, 0.1) is 11.0 Å². The topological polar surface area (TPSA) is 128 Å². The van der Waals surface area contributed by atoms with E-state index in [9.17, 15) is 24.6 Å². The highest BCUT2D eigenvalue weighted by atomic mass is 16.7. The molecule has 40 heavy (non-hydrogen) atoms. The second-order valence-electron chi connectivity index (χ2n) is 11.3. The standard InChI is InChI=1S/C31H38N2O7/c1-7-8-13-24-32-26(31(5,6)38)25(28(36)39-19-40-29(37)30(2,3)4)33(24)18-20-14-16-21(17-15-20)22-11-9-10-12-23(22)27(34)35/h9-12,14-17,38H,7-8,13,18-19H2,1-6H3,(H,34,35). The van der Waals surface area contributed by atoms with Gasteiger partial charge in [-0.1, -0.05) is 55.8 Å². The minimum Gasteiger partial charge on any atom is -0.478 e. The fourth-order valence-electron chi connectivity index (χ4n) is 4.14. The van der Waals surface area contributed by atoms with Gasteiger partial charge in [-0.3, -0.25) is 4.79 Å². The van der Waals surface area contributed by atoms with Crippen LogP contribution in [0, 0.1) is 5.41 Å². The van der Waals surface area contributed by atoms with Crippen LogP contribution >= 0.6 is 0 Å². The van der Waals surface area contributed by atoms with Crippen molar-refractivity contribution in [2.75, 3.05) is 6.79 Å². The van der Waals surface area contributed by atoms with Gasteiger partial charge in [0.15, 0.2) is 5.69 Å². The van der Waals surface area contributed by atoms with E-state index in [0.717, 1.165) is 24.0 Å². The van der Waals surface area contributed by atoms with Crippen LogP contribution in [0.2, 0.25) is 0 Å². The molecular weight excluding hydrogens is 512 g/mol. The van der Waals surface area contributed by atoms with Crippen LogP contribution in [-0.4, -0.2) is 44.5 Å². The maximum Gasteiger partial charge on any atom is 0.359 e. The lowest BCUT2D eigenvalue weighted by atomic mass is 9.98. The number of nitrogens with zero attached hydrogens (tertiary/aromatic N) is 2. The number of aromatic nitrogens is 2. The first-order valence-electron chi connectivity index (χ1n) is 13.3. The average Bonchev–Trinajstić information content (AvgIpc) is 3.25. The lowest BCUT2D eigenvalue weighted by molar-refractivity contribution is -0.161. The van der Waals surface area contributed by atoms with Crippen molar-refractivity contribution in [2.24, 2.45) is 5.41 Å². The SMILES string of the molecule is CCCCc1nc(C(C)(C)O)c(C(=O)OCOC(=O)C(C)(C)C)n1Cc1ccc(-c2ccccc2C(=O)O)cc1. The molecule has 9 nitrogen and oxygen atoms in total. The Morgan fingerprint density at radius 2 is 1.60 bits per heavy atom. The summed E-state index contributed by atoms with van der Waals surface area (Å²) in [5, 5.41) is 20.4. The second kappa shape index (κ2) is 12.5. The number of imidazole rings is 1. The molecule has 0 saturated heterocycles. The fourth-order valence-corrected chi connectivity index (χ4v) is 4.14. The second-order valence-corrected chi connectivity index (χ2v) is 11.3. The van der Waals surface area contributed by atoms with E-state index in [1.807, 2.05) is 24.3 Å². The smallest absolute Gasteiger partial charge is 0.359 e. The van der Waals surface area contributed by atoms with Crippen molar-refractivity contribution in [3.63, 3.8) is 0 Å². The molecule has 2 N–H and O–H groups in total. The third-order valence-corrected chi connectivity index (χ3v) is 6.33. The summed E-state index contributed by atoms with van der Waals surface area (Å²) >= 11 is 0. The van der Waals surface area contributed by atoms with Crippen molar-refractivity contribution in [3.05, 3.63) is 76.9 Å². The summed E-state index contributed by atoms with van der Waals surface area (Å²) in [6.07, 6.45) is 2.31. The zero-order valence-corrected chi connectivity index (χ0v) is 24.0. The molecule has 214 valence electrons. The van der Waals surface area contributed by atoms with E-state index in [-0.39, 0.29) is 23.5 Å².